The molecule has 0 radical (unpaired) electrons. The van der Waals surface area contributed by atoms with Gasteiger partial charge in [-0.2, -0.15) is 0 Å². The van der Waals surface area contributed by atoms with Crippen LogP contribution in [0.15, 0.2) is 30.3 Å². The normalized spacial score (nSPS) is 31.1. The van der Waals surface area contributed by atoms with E-state index in [0.29, 0.717) is 0 Å². The van der Waals surface area contributed by atoms with Crippen molar-refractivity contribution in [3.05, 3.63) is 35.9 Å². The van der Waals surface area contributed by atoms with E-state index in [1.807, 2.05) is 0 Å². The lowest BCUT2D eigenvalue weighted by atomic mass is 9.79. The first-order valence-electron chi connectivity index (χ1n) is 7.13. The monoisotopic (exact) mass is 229 g/mol. The Kier molecular flexibility index (Phi) is 3.19. The van der Waals surface area contributed by atoms with Gasteiger partial charge < -0.3 is 4.90 Å². The molecule has 1 nitrogen and oxygen atoms in total. The molecule has 0 N–H and O–H groups in total. The first-order valence-corrected chi connectivity index (χ1v) is 7.13. The maximum Gasteiger partial charge on any atom is 0.00954 e. The van der Waals surface area contributed by atoms with Crippen LogP contribution in [0.2, 0.25) is 0 Å². The van der Waals surface area contributed by atoms with Crippen molar-refractivity contribution in [3.63, 3.8) is 0 Å². The van der Waals surface area contributed by atoms with Crippen LogP contribution in [-0.4, -0.2) is 24.0 Å². The van der Waals surface area contributed by atoms with E-state index in [-0.39, 0.29) is 0 Å². The smallest absolute Gasteiger partial charge is 0.00954 e. The van der Waals surface area contributed by atoms with Gasteiger partial charge in [0.2, 0.25) is 0 Å². The van der Waals surface area contributed by atoms with Gasteiger partial charge in [-0.3, -0.25) is 0 Å². The van der Waals surface area contributed by atoms with E-state index in [0.717, 1.165) is 17.9 Å². The van der Waals surface area contributed by atoms with Crippen molar-refractivity contribution in [1.29, 1.82) is 0 Å². The minimum absolute atomic E-state index is 0.785. The molecule has 0 aromatic heterocycles. The summed E-state index contributed by atoms with van der Waals surface area (Å²) in [5, 5.41) is 0. The highest BCUT2D eigenvalue weighted by atomic mass is 15.2. The SMILES string of the molecule is CC1CN(C2CCC2)CCC1c1ccccc1. The van der Waals surface area contributed by atoms with Gasteiger partial charge in [0.15, 0.2) is 0 Å². The number of rotatable bonds is 2. The third-order valence-corrected chi connectivity index (χ3v) is 4.76. The summed E-state index contributed by atoms with van der Waals surface area (Å²) in [5.41, 5.74) is 1.55. The van der Waals surface area contributed by atoms with Gasteiger partial charge in [0.25, 0.3) is 0 Å². The number of benzene rings is 1. The van der Waals surface area contributed by atoms with Gasteiger partial charge >= 0.3 is 0 Å². The van der Waals surface area contributed by atoms with Crippen LogP contribution >= 0.6 is 0 Å². The average molecular weight is 229 g/mol. The van der Waals surface area contributed by atoms with Crippen molar-refractivity contribution in [2.45, 2.75) is 44.6 Å². The van der Waals surface area contributed by atoms with Crippen molar-refractivity contribution in [1.82, 2.24) is 4.90 Å². The second-order valence-corrected chi connectivity index (χ2v) is 5.86. The molecule has 3 rings (SSSR count). The van der Waals surface area contributed by atoms with Crippen molar-refractivity contribution in [2.75, 3.05) is 13.1 Å². The molecule has 0 bridgehead atoms. The summed E-state index contributed by atoms with van der Waals surface area (Å²) >= 11 is 0. The molecular weight excluding hydrogens is 206 g/mol. The van der Waals surface area contributed by atoms with Crippen molar-refractivity contribution >= 4 is 0 Å². The van der Waals surface area contributed by atoms with Gasteiger partial charge in [-0.1, -0.05) is 43.7 Å². The molecule has 1 aromatic carbocycles. The number of piperidine rings is 1. The Morgan fingerprint density at radius 1 is 1.06 bits per heavy atom. The van der Waals surface area contributed by atoms with E-state index in [9.17, 15) is 0 Å². The zero-order chi connectivity index (χ0) is 11.7. The van der Waals surface area contributed by atoms with E-state index >= 15 is 0 Å². The quantitative estimate of drug-likeness (QED) is 0.748. The van der Waals surface area contributed by atoms with Gasteiger partial charge in [0.05, 0.1) is 0 Å². The molecule has 0 spiro atoms. The lowest BCUT2D eigenvalue weighted by Gasteiger charge is -2.44. The lowest BCUT2D eigenvalue weighted by Crippen LogP contribution is -2.47. The van der Waals surface area contributed by atoms with Gasteiger partial charge in [0, 0.05) is 12.6 Å². The van der Waals surface area contributed by atoms with Crippen LogP contribution in [0.5, 0.6) is 0 Å². The molecule has 1 heteroatoms. The lowest BCUT2D eigenvalue weighted by molar-refractivity contribution is 0.0712. The maximum absolute atomic E-state index is 2.74. The van der Waals surface area contributed by atoms with Crippen molar-refractivity contribution < 1.29 is 0 Å². The van der Waals surface area contributed by atoms with Crippen LogP contribution in [0.25, 0.3) is 0 Å². The average Bonchev–Trinajstić information content (AvgIpc) is 2.28. The minimum atomic E-state index is 0.785. The third-order valence-electron chi connectivity index (χ3n) is 4.76. The van der Waals surface area contributed by atoms with E-state index in [2.05, 4.69) is 42.2 Å². The summed E-state index contributed by atoms with van der Waals surface area (Å²) in [6.45, 7) is 5.06. The topological polar surface area (TPSA) is 3.24 Å². The second kappa shape index (κ2) is 4.81. The molecule has 2 unspecified atom stereocenters. The summed E-state index contributed by atoms with van der Waals surface area (Å²) in [6, 6.07) is 12.0. The molecule has 1 aromatic rings. The molecule has 1 saturated carbocycles. The zero-order valence-corrected chi connectivity index (χ0v) is 10.8. The Hall–Kier alpha value is -0.820. The molecule has 1 aliphatic carbocycles. The van der Waals surface area contributed by atoms with Crippen LogP contribution < -0.4 is 0 Å². The molecule has 1 saturated heterocycles. The molecule has 17 heavy (non-hydrogen) atoms. The highest BCUT2D eigenvalue weighted by Gasteiger charge is 2.32. The predicted molar refractivity (Wildman–Crippen MR) is 72.2 cm³/mol. The van der Waals surface area contributed by atoms with Gasteiger partial charge in [-0.05, 0) is 43.2 Å². The van der Waals surface area contributed by atoms with Gasteiger partial charge in [-0.15, -0.1) is 0 Å². The highest BCUT2D eigenvalue weighted by molar-refractivity contribution is 5.21. The molecule has 92 valence electrons. The Morgan fingerprint density at radius 2 is 1.82 bits per heavy atom. The first kappa shape index (κ1) is 11.3. The van der Waals surface area contributed by atoms with E-state index in [4.69, 9.17) is 0 Å². The fourth-order valence-corrected chi connectivity index (χ4v) is 3.46. The summed E-state index contributed by atoms with van der Waals surface area (Å²) in [4.78, 5) is 2.74. The van der Waals surface area contributed by atoms with Crippen molar-refractivity contribution in [3.8, 4) is 0 Å². The molecular formula is C16H23N. The second-order valence-electron chi connectivity index (χ2n) is 5.86. The number of hydrogen-bond donors (Lipinski definition) is 0. The first-order chi connectivity index (χ1) is 8.34. The fraction of sp³-hybridized carbons (Fsp3) is 0.625. The van der Waals surface area contributed by atoms with Gasteiger partial charge in [0.1, 0.15) is 0 Å². The molecule has 2 atom stereocenters. The Bertz CT molecular complexity index is 355. The van der Waals surface area contributed by atoms with Crippen LogP contribution in [0.1, 0.15) is 44.1 Å². The number of nitrogens with zero attached hydrogens (tertiary/aromatic N) is 1. The Morgan fingerprint density at radius 3 is 2.41 bits per heavy atom. The van der Waals surface area contributed by atoms with Crippen LogP contribution in [0, 0.1) is 5.92 Å². The largest absolute Gasteiger partial charge is 0.300 e. The highest BCUT2D eigenvalue weighted by Crippen LogP contribution is 2.36. The van der Waals surface area contributed by atoms with Gasteiger partial charge in [-0.25, -0.2) is 0 Å². The molecule has 0 amide bonds. The zero-order valence-electron chi connectivity index (χ0n) is 10.8. The fourth-order valence-electron chi connectivity index (χ4n) is 3.46. The number of likely N-dealkylation sites (tertiary alicyclic amines) is 1. The van der Waals surface area contributed by atoms with E-state index in [1.165, 1.54) is 38.8 Å². The minimum Gasteiger partial charge on any atom is -0.300 e. The van der Waals surface area contributed by atoms with Crippen LogP contribution in [0.3, 0.4) is 0 Å². The Labute approximate surface area is 105 Å². The summed E-state index contributed by atoms with van der Waals surface area (Å²) in [7, 11) is 0. The van der Waals surface area contributed by atoms with Crippen LogP contribution in [-0.2, 0) is 0 Å². The molecule has 1 heterocycles. The summed E-state index contributed by atoms with van der Waals surface area (Å²) in [5.74, 6) is 1.60. The molecule has 1 aliphatic heterocycles. The van der Waals surface area contributed by atoms with E-state index < -0.39 is 0 Å². The van der Waals surface area contributed by atoms with Crippen molar-refractivity contribution in [2.24, 2.45) is 5.92 Å². The molecule has 2 aliphatic rings. The predicted octanol–water partition coefficient (Wildman–Crippen LogP) is 3.66. The van der Waals surface area contributed by atoms with Crippen LogP contribution in [0.4, 0.5) is 0 Å². The summed E-state index contributed by atoms with van der Waals surface area (Å²) < 4.78 is 0. The number of hydrogen-bond acceptors (Lipinski definition) is 1. The molecule has 2 fully saturated rings. The third kappa shape index (κ3) is 2.26. The van der Waals surface area contributed by atoms with E-state index in [1.54, 1.807) is 5.56 Å². The standard InChI is InChI=1S/C16H23N/c1-13-12-17(15-8-5-9-15)11-10-16(13)14-6-3-2-4-7-14/h2-4,6-7,13,15-16H,5,8-12H2,1H3. The maximum atomic E-state index is 2.74. The Balaban J connectivity index is 1.66. The summed E-state index contributed by atoms with van der Waals surface area (Å²) in [6.07, 6.45) is 5.70.